The van der Waals surface area contributed by atoms with Crippen LogP contribution in [0.5, 0.6) is 0 Å². The first kappa shape index (κ1) is 15.4. The summed E-state index contributed by atoms with van der Waals surface area (Å²) in [4.78, 5) is 22.1. The molecule has 2 unspecified atom stereocenters. The van der Waals surface area contributed by atoms with Crippen molar-refractivity contribution in [3.8, 4) is 0 Å². The molecule has 0 spiro atoms. The molecule has 104 valence electrons. The number of carboxylic acid groups (broad SMARTS) is 1. The van der Waals surface area contributed by atoms with Gasteiger partial charge in [-0.1, -0.05) is 11.6 Å². The second kappa shape index (κ2) is 6.51. The third-order valence-corrected chi connectivity index (χ3v) is 2.55. The quantitative estimate of drug-likeness (QED) is 0.698. The highest BCUT2D eigenvalue weighted by atomic mass is 35.5. The number of carbonyl (C=O) groups is 2. The van der Waals surface area contributed by atoms with Crippen LogP contribution < -0.4 is 0 Å². The lowest BCUT2D eigenvalue weighted by Crippen LogP contribution is -2.30. The molecule has 1 aromatic rings. The Bertz CT molecular complexity index is 487. The predicted octanol–water partition coefficient (Wildman–Crippen LogP) is 0.996. The summed E-state index contributed by atoms with van der Waals surface area (Å²) >= 11 is 5.71. The lowest BCUT2D eigenvalue weighted by molar-refractivity contribution is -0.159. The van der Waals surface area contributed by atoms with Crippen molar-refractivity contribution in [2.24, 2.45) is 0 Å². The first-order valence-corrected chi connectivity index (χ1v) is 5.81. The fourth-order valence-corrected chi connectivity index (χ4v) is 1.69. The second-order valence-corrected chi connectivity index (χ2v) is 4.16. The van der Waals surface area contributed by atoms with Crippen LogP contribution in [0, 0.1) is 0 Å². The number of aliphatic hydroxyl groups is 2. The van der Waals surface area contributed by atoms with Crippen LogP contribution >= 0.6 is 11.6 Å². The Morgan fingerprint density at radius 3 is 2.47 bits per heavy atom. The van der Waals surface area contributed by atoms with Gasteiger partial charge >= 0.3 is 11.9 Å². The van der Waals surface area contributed by atoms with E-state index in [1.807, 2.05) is 0 Å². The molecule has 1 aromatic carbocycles. The number of hydrogen-bond acceptors (Lipinski definition) is 5. The number of rotatable bonds is 5. The van der Waals surface area contributed by atoms with Gasteiger partial charge in [-0.25, -0.2) is 9.59 Å². The van der Waals surface area contributed by atoms with Crippen molar-refractivity contribution in [3.05, 3.63) is 34.3 Å². The van der Waals surface area contributed by atoms with Crippen LogP contribution in [0.1, 0.15) is 28.9 Å². The van der Waals surface area contributed by atoms with E-state index < -0.39 is 24.1 Å². The molecule has 0 aliphatic heterocycles. The molecule has 0 radical (unpaired) electrons. The summed E-state index contributed by atoms with van der Waals surface area (Å²) in [7, 11) is 0. The molecule has 0 amide bonds. The lowest BCUT2D eigenvalue weighted by atomic mass is 10.0. The maximum Gasteiger partial charge on any atom is 0.338 e. The average molecular weight is 289 g/mol. The van der Waals surface area contributed by atoms with E-state index in [-0.39, 0.29) is 22.8 Å². The number of ether oxygens (including phenoxy) is 1. The van der Waals surface area contributed by atoms with Gasteiger partial charge in [0.15, 0.2) is 6.10 Å². The standard InChI is InChI=1S/C12H13ClO6/c1-2-19-12(18)10(15)9(14)6-3-7(11(16)17)5-8(13)4-6/h3-5,9-10,14-15H,2H2,1H3,(H,16,17). The zero-order chi connectivity index (χ0) is 14.6. The number of aliphatic hydroxyl groups excluding tert-OH is 2. The van der Waals surface area contributed by atoms with Crippen LogP contribution in [0.15, 0.2) is 18.2 Å². The highest BCUT2D eigenvalue weighted by molar-refractivity contribution is 6.31. The summed E-state index contributed by atoms with van der Waals surface area (Å²) in [5, 5.41) is 28.3. The Morgan fingerprint density at radius 2 is 1.95 bits per heavy atom. The van der Waals surface area contributed by atoms with E-state index in [0.29, 0.717) is 0 Å². The molecule has 3 N–H and O–H groups in total. The van der Waals surface area contributed by atoms with Crippen molar-refractivity contribution >= 4 is 23.5 Å². The topological polar surface area (TPSA) is 104 Å². The van der Waals surface area contributed by atoms with Crippen LogP contribution in [-0.2, 0) is 9.53 Å². The van der Waals surface area contributed by atoms with Gasteiger partial charge in [0.25, 0.3) is 0 Å². The third kappa shape index (κ3) is 3.92. The van der Waals surface area contributed by atoms with Crippen molar-refractivity contribution in [1.29, 1.82) is 0 Å². The molecule has 6 nitrogen and oxygen atoms in total. The van der Waals surface area contributed by atoms with Crippen molar-refractivity contribution in [2.75, 3.05) is 6.61 Å². The molecule has 19 heavy (non-hydrogen) atoms. The van der Waals surface area contributed by atoms with Gasteiger partial charge in [-0.3, -0.25) is 0 Å². The van der Waals surface area contributed by atoms with Gasteiger partial charge in [-0.05, 0) is 30.7 Å². The highest BCUT2D eigenvalue weighted by Crippen LogP contribution is 2.23. The monoisotopic (exact) mass is 288 g/mol. The van der Waals surface area contributed by atoms with Crippen molar-refractivity contribution in [2.45, 2.75) is 19.1 Å². The third-order valence-electron chi connectivity index (χ3n) is 2.34. The molecule has 0 saturated heterocycles. The van der Waals surface area contributed by atoms with Gasteiger partial charge in [-0.2, -0.15) is 0 Å². The minimum atomic E-state index is -1.81. The Balaban J connectivity index is 3.02. The van der Waals surface area contributed by atoms with E-state index in [1.165, 1.54) is 12.1 Å². The number of carbonyl (C=O) groups excluding carboxylic acids is 1. The largest absolute Gasteiger partial charge is 0.478 e. The van der Waals surface area contributed by atoms with E-state index in [9.17, 15) is 19.8 Å². The van der Waals surface area contributed by atoms with Crippen LogP contribution in [0.25, 0.3) is 0 Å². The highest BCUT2D eigenvalue weighted by Gasteiger charge is 2.27. The van der Waals surface area contributed by atoms with Crippen molar-refractivity contribution < 1.29 is 29.6 Å². The van der Waals surface area contributed by atoms with Crippen molar-refractivity contribution in [3.63, 3.8) is 0 Å². The fourth-order valence-electron chi connectivity index (χ4n) is 1.45. The molecule has 7 heteroatoms. The molecule has 2 atom stereocenters. The Hall–Kier alpha value is -1.63. The molecular formula is C12H13ClO6. The molecule has 0 aliphatic carbocycles. The van der Waals surface area contributed by atoms with E-state index in [4.69, 9.17) is 16.7 Å². The van der Waals surface area contributed by atoms with E-state index in [2.05, 4.69) is 4.74 Å². The second-order valence-electron chi connectivity index (χ2n) is 3.72. The molecule has 0 aromatic heterocycles. The van der Waals surface area contributed by atoms with Crippen LogP contribution in [0.4, 0.5) is 0 Å². The average Bonchev–Trinajstić information content (AvgIpc) is 2.36. The Morgan fingerprint density at radius 1 is 1.32 bits per heavy atom. The molecular weight excluding hydrogens is 276 g/mol. The summed E-state index contributed by atoms with van der Waals surface area (Å²) in [6.07, 6.45) is -3.42. The van der Waals surface area contributed by atoms with E-state index in [0.717, 1.165) is 6.07 Å². The number of hydrogen-bond donors (Lipinski definition) is 3. The SMILES string of the molecule is CCOC(=O)C(O)C(O)c1cc(Cl)cc(C(=O)O)c1. The molecule has 0 heterocycles. The smallest absolute Gasteiger partial charge is 0.338 e. The van der Waals surface area contributed by atoms with Gasteiger partial charge in [0.05, 0.1) is 12.2 Å². The molecule has 0 saturated carbocycles. The first-order valence-electron chi connectivity index (χ1n) is 5.43. The number of aromatic carboxylic acids is 1. The van der Waals surface area contributed by atoms with Crippen LogP contribution in [-0.4, -0.2) is 40.0 Å². The number of esters is 1. The van der Waals surface area contributed by atoms with Gasteiger partial charge in [0, 0.05) is 5.02 Å². The molecule has 0 bridgehead atoms. The molecule has 1 rings (SSSR count). The maximum absolute atomic E-state index is 11.3. The zero-order valence-electron chi connectivity index (χ0n) is 10.0. The van der Waals surface area contributed by atoms with Gasteiger partial charge < -0.3 is 20.1 Å². The predicted molar refractivity (Wildman–Crippen MR) is 66.0 cm³/mol. The minimum Gasteiger partial charge on any atom is -0.478 e. The lowest BCUT2D eigenvalue weighted by Gasteiger charge is -2.17. The summed E-state index contributed by atoms with van der Waals surface area (Å²) in [5.41, 5.74) is -0.136. The Kier molecular flexibility index (Phi) is 5.29. The zero-order valence-corrected chi connectivity index (χ0v) is 10.8. The van der Waals surface area contributed by atoms with E-state index in [1.54, 1.807) is 6.92 Å². The van der Waals surface area contributed by atoms with Crippen LogP contribution in [0.3, 0.4) is 0 Å². The van der Waals surface area contributed by atoms with Gasteiger partial charge in [0.1, 0.15) is 6.10 Å². The molecule has 0 aliphatic rings. The van der Waals surface area contributed by atoms with Crippen molar-refractivity contribution in [1.82, 2.24) is 0 Å². The summed E-state index contributed by atoms with van der Waals surface area (Å²) in [5.74, 6) is -2.23. The van der Waals surface area contributed by atoms with E-state index >= 15 is 0 Å². The van der Waals surface area contributed by atoms with Gasteiger partial charge in [0.2, 0.25) is 0 Å². The number of halogens is 1. The molecule has 0 fully saturated rings. The normalized spacial score (nSPS) is 13.7. The van der Waals surface area contributed by atoms with Gasteiger partial charge in [-0.15, -0.1) is 0 Å². The number of carboxylic acids is 1. The first-order chi connectivity index (χ1) is 8.86. The number of benzene rings is 1. The van der Waals surface area contributed by atoms with Crippen LogP contribution in [0.2, 0.25) is 5.02 Å². The minimum absolute atomic E-state index is 0.0189. The maximum atomic E-state index is 11.3. The summed E-state index contributed by atoms with van der Waals surface area (Å²) in [6.45, 7) is 1.61. The summed E-state index contributed by atoms with van der Waals surface area (Å²) in [6, 6.07) is 3.58. The Labute approximate surface area is 114 Å². The fraction of sp³-hybridized carbons (Fsp3) is 0.333. The summed E-state index contributed by atoms with van der Waals surface area (Å²) < 4.78 is 4.56.